The van der Waals surface area contributed by atoms with E-state index in [1.807, 2.05) is 12.1 Å². The van der Waals surface area contributed by atoms with E-state index in [9.17, 15) is 0 Å². The molecule has 0 spiro atoms. The standard InChI is InChI=1S/C16H24ClN3/c17-15-7-3-4-13(12-18)16(15)20-10-8-19(9-11-20)14-5-1-2-6-14/h3-4,7,14H,1-2,5-6,8-12,18H2. The molecule has 2 N–H and O–H groups in total. The number of rotatable bonds is 3. The van der Waals surface area contributed by atoms with E-state index < -0.39 is 0 Å². The minimum Gasteiger partial charge on any atom is -0.368 e. The van der Waals surface area contributed by atoms with Gasteiger partial charge >= 0.3 is 0 Å². The van der Waals surface area contributed by atoms with Crippen molar-refractivity contribution in [3.8, 4) is 0 Å². The summed E-state index contributed by atoms with van der Waals surface area (Å²) in [6.07, 6.45) is 5.60. The molecule has 0 atom stereocenters. The molecule has 3 rings (SSSR count). The zero-order chi connectivity index (χ0) is 13.9. The molecule has 1 heterocycles. The van der Waals surface area contributed by atoms with E-state index >= 15 is 0 Å². The summed E-state index contributed by atoms with van der Waals surface area (Å²) < 4.78 is 0. The molecular formula is C16H24ClN3. The minimum atomic E-state index is 0.554. The second kappa shape index (κ2) is 6.33. The number of hydrogen-bond acceptors (Lipinski definition) is 3. The van der Waals surface area contributed by atoms with Crippen molar-refractivity contribution in [1.29, 1.82) is 0 Å². The van der Waals surface area contributed by atoms with Gasteiger partial charge in [-0.2, -0.15) is 0 Å². The first-order valence-electron chi connectivity index (χ1n) is 7.76. The number of hydrogen-bond donors (Lipinski definition) is 1. The van der Waals surface area contributed by atoms with Crippen LogP contribution in [0, 0.1) is 0 Å². The number of anilines is 1. The van der Waals surface area contributed by atoms with E-state index in [4.69, 9.17) is 17.3 Å². The Morgan fingerprint density at radius 1 is 1.10 bits per heavy atom. The molecular weight excluding hydrogens is 270 g/mol. The van der Waals surface area contributed by atoms with Crippen LogP contribution in [0.1, 0.15) is 31.2 Å². The Morgan fingerprint density at radius 2 is 1.80 bits per heavy atom. The summed E-state index contributed by atoms with van der Waals surface area (Å²) in [5.41, 5.74) is 8.17. The molecule has 4 heteroatoms. The monoisotopic (exact) mass is 293 g/mol. The van der Waals surface area contributed by atoms with Crippen molar-refractivity contribution < 1.29 is 0 Å². The predicted octanol–water partition coefficient (Wildman–Crippen LogP) is 2.86. The van der Waals surface area contributed by atoms with Gasteiger partial charge in [0.15, 0.2) is 0 Å². The highest BCUT2D eigenvalue weighted by Crippen LogP contribution is 2.31. The Balaban J connectivity index is 1.68. The van der Waals surface area contributed by atoms with Gasteiger partial charge in [-0.05, 0) is 24.5 Å². The van der Waals surface area contributed by atoms with Crippen molar-refractivity contribution in [3.63, 3.8) is 0 Å². The summed E-state index contributed by atoms with van der Waals surface area (Å²) in [6.45, 7) is 4.99. The molecule has 1 aliphatic heterocycles. The smallest absolute Gasteiger partial charge is 0.0642 e. The molecule has 2 aliphatic rings. The third-order valence-electron chi connectivity index (χ3n) is 4.76. The summed E-state index contributed by atoms with van der Waals surface area (Å²) in [4.78, 5) is 5.08. The van der Waals surface area contributed by atoms with Gasteiger partial charge in [0.1, 0.15) is 0 Å². The third-order valence-corrected chi connectivity index (χ3v) is 5.07. The fourth-order valence-electron chi connectivity index (χ4n) is 3.66. The van der Waals surface area contributed by atoms with Crippen molar-refractivity contribution in [2.75, 3.05) is 31.1 Å². The SMILES string of the molecule is NCc1cccc(Cl)c1N1CCN(C2CCCC2)CC1. The maximum Gasteiger partial charge on any atom is 0.0642 e. The third kappa shape index (κ3) is 2.80. The normalized spacial score (nSPS) is 21.6. The number of halogens is 1. The highest BCUT2D eigenvalue weighted by atomic mass is 35.5. The summed E-state index contributed by atoms with van der Waals surface area (Å²) in [7, 11) is 0. The lowest BCUT2D eigenvalue weighted by Gasteiger charge is -2.40. The number of piperazine rings is 1. The number of benzene rings is 1. The average Bonchev–Trinajstić information content (AvgIpc) is 3.01. The molecule has 1 aromatic rings. The quantitative estimate of drug-likeness (QED) is 0.930. The molecule has 110 valence electrons. The van der Waals surface area contributed by atoms with Crippen LogP contribution in [0.3, 0.4) is 0 Å². The molecule has 2 fully saturated rings. The molecule has 1 aromatic carbocycles. The van der Waals surface area contributed by atoms with Crippen LogP contribution in [0.2, 0.25) is 5.02 Å². The van der Waals surface area contributed by atoms with Gasteiger partial charge in [-0.3, -0.25) is 4.90 Å². The molecule has 1 saturated heterocycles. The van der Waals surface area contributed by atoms with Crippen molar-refractivity contribution in [1.82, 2.24) is 4.90 Å². The molecule has 1 saturated carbocycles. The fourth-order valence-corrected chi connectivity index (χ4v) is 3.97. The summed E-state index contributed by atoms with van der Waals surface area (Å²) in [5, 5.41) is 0.835. The van der Waals surface area contributed by atoms with E-state index in [2.05, 4.69) is 15.9 Å². The van der Waals surface area contributed by atoms with Crippen LogP contribution in [0.4, 0.5) is 5.69 Å². The summed E-state index contributed by atoms with van der Waals surface area (Å²) in [5.74, 6) is 0. The van der Waals surface area contributed by atoms with Gasteiger partial charge in [0.05, 0.1) is 10.7 Å². The Bertz CT molecular complexity index is 449. The van der Waals surface area contributed by atoms with E-state index in [-0.39, 0.29) is 0 Å². The summed E-state index contributed by atoms with van der Waals surface area (Å²) >= 11 is 6.39. The van der Waals surface area contributed by atoms with Crippen LogP contribution in [0.25, 0.3) is 0 Å². The first-order valence-corrected chi connectivity index (χ1v) is 8.14. The Labute approximate surface area is 126 Å². The Morgan fingerprint density at radius 3 is 2.45 bits per heavy atom. The number of para-hydroxylation sites is 1. The van der Waals surface area contributed by atoms with Crippen LogP contribution in [-0.2, 0) is 6.54 Å². The zero-order valence-corrected chi connectivity index (χ0v) is 12.8. The van der Waals surface area contributed by atoms with Gasteiger partial charge in [0, 0.05) is 38.8 Å². The van der Waals surface area contributed by atoms with Crippen LogP contribution >= 0.6 is 11.6 Å². The molecule has 0 radical (unpaired) electrons. The molecule has 20 heavy (non-hydrogen) atoms. The highest BCUT2D eigenvalue weighted by Gasteiger charge is 2.27. The molecule has 0 amide bonds. The van der Waals surface area contributed by atoms with E-state index in [1.165, 1.54) is 25.7 Å². The molecule has 0 aromatic heterocycles. The molecule has 0 unspecified atom stereocenters. The Kier molecular flexibility index (Phi) is 4.49. The van der Waals surface area contributed by atoms with Gasteiger partial charge in [0.25, 0.3) is 0 Å². The van der Waals surface area contributed by atoms with Crippen molar-refractivity contribution in [3.05, 3.63) is 28.8 Å². The molecule has 0 bridgehead atoms. The van der Waals surface area contributed by atoms with Crippen LogP contribution in [0.5, 0.6) is 0 Å². The second-order valence-corrected chi connectivity index (χ2v) is 6.32. The highest BCUT2D eigenvalue weighted by molar-refractivity contribution is 6.33. The zero-order valence-electron chi connectivity index (χ0n) is 12.0. The van der Waals surface area contributed by atoms with Crippen LogP contribution in [0.15, 0.2) is 18.2 Å². The Hall–Kier alpha value is -0.770. The molecule has 1 aliphatic carbocycles. The van der Waals surface area contributed by atoms with Gasteiger partial charge in [-0.25, -0.2) is 0 Å². The van der Waals surface area contributed by atoms with Crippen molar-refractivity contribution in [2.45, 2.75) is 38.3 Å². The lowest BCUT2D eigenvalue weighted by atomic mass is 10.1. The van der Waals surface area contributed by atoms with Gasteiger partial charge < -0.3 is 10.6 Å². The van der Waals surface area contributed by atoms with E-state index in [1.54, 1.807) is 0 Å². The van der Waals surface area contributed by atoms with Gasteiger partial charge in [-0.15, -0.1) is 0 Å². The van der Waals surface area contributed by atoms with Crippen molar-refractivity contribution in [2.24, 2.45) is 5.73 Å². The fraction of sp³-hybridized carbons (Fsp3) is 0.625. The minimum absolute atomic E-state index is 0.554. The predicted molar refractivity (Wildman–Crippen MR) is 85.4 cm³/mol. The van der Waals surface area contributed by atoms with Crippen molar-refractivity contribution >= 4 is 17.3 Å². The maximum absolute atomic E-state index is 6.39. The van der Waals surface area contributed by atoms with Gasteiger partial charge in [-0.1, -0.05) is 36.6 Å². The topological polar surface area (TPSA) is 32.5 Å². The number of nitrogens with two attached hydrogens (primary N) is 1. The maximum atomic E-state index is 6.39. The first kappa shape index (κ1) is 14.2. The first-order chi connectivity index (χ1) is 9.79. The number of nitrogens with zero attached hydrogens (tertiary/aromatic N) is 2. The second-order valence-electron chi connectivity index (χ2n) is 5.91. The van der Waals surface area contributed by atoms with E-state index in [0.29, 0.717) is 6.54 Å². The lowest BCUT2D eigenvalue weighted by molar-refractivity contribution is 0.187. The van der Waals surface area contributed by atoms with Crippen LogP contribution < -0.4 is 10.6 Å². The largest absolute Gasteiger partial charge is 0.368 e. The van der Waals surface area contributed by atoms with E-state index in [0.717, 1.165) is 48.5 Å². The lowest BCUT2D eigenvalue weighted by Crippen LogP contribution is -2.50. The molecule has 3 nitrogen and oxygen atoms in total. The summed E-state index contributed by atoms with van der Waals surface area (Å²) in [6, 6.07) is 6.88. The van der Waals surface area contributed by atoms with Crippen LogP contribution in [-0.4, -0.2) is 37.1 Å². The average molecular weight is 294 g/mol. The van der Waals surface area contributed by atoms with Gasteiger partial charge in [0.2, 0.25) is 0 Å².